The minimum atomic E-state index is -0.925. The van der Waals surface area contributed by atoms with E-state index in [1.54, 1.807) is 12.1 Å². The van der Waals surface area contributed by atoms with Crippen LogP contribution in [0.1, 0.15) is 12.0 Å². The molecule has 0 saturated heterocycles. The minimum absolute atomic E-state index is 0.0415. The highest BCUT2D eigenvalue weighted by Gasteiger charge is 2.15. The standard InChI is InChI=1S/C8H9N3O3/c9-4-5(12)7-10-11-8(14-7)6-2-1-3-13-6/h1-3,5,12H,4,9H2/t5-/m0/s1. The fourth-order valence-corrected chi connectivity index (χ4v) is 0.970. The molecule has 0 amide bonds. The van der Waals surface area contributed by atoms with Crippen molar-refractivity contribution < 1.29 is 13.9 Å². The lowest BCUT2D eigenvalue weighted by Crippen LogP contribution is -2.11. The zero-order valence-electron chi connectivity index (χ0n) is 7.25. The second-order valence-electron chi connectivity index (χ2n) is 2.67. The Morgan fingerprint density at radius 2 is 2.36 bits per heavy atom. The normalized spacial score (nSPS) is 13.0. The van der Waals surface area contributed by atoms with Crippen LogP contribution in [-0.4, -0.2) is 21.8 Å². The first-order chi connectivity index (χ1) is 6.81. The fourth-order valence-electron chi connectivity index (χ4n) is 0.970. The molecule has 2 aromatic heterocycles. The van der Waals surface area contributed by atoms with Crippen LogP contribution in [-0.2, 0) is 0 Å². The number of furan rings is 1. The molecule has 0 fully saturated rings. The Morgan fingerprint density at radius 3 is 3.00 bits per heavy atom. The quantitative estimate of drug-likeness (QED) is 0.731. The summed E-state index contributed by atoms with van der Waals surface area (Å²) in [6.45, 7) is 0.0415. The second-order valence-corrected chi connectivity index (χ2v) is 2.67. The van der Waals surface area contributed by atoms with Gasteiger partial charge in [-0.2, -0.15) is 0 Å². The number of nitrogens with zero attached hydrogens (tertiary/aromatic N) is 2. The molecule has 3 N–H and O–H groups in total. The summed E-state index contributed by atoms with van der Waals surface area (Å²) in [7, 11) is 0. The molecule has 0 aliphatic rings. The molecule has 0 aliphatic carbocycles. The lowest BCUT2D eigenvalue weighted by Gasteiger charge is -1.98. The van der Waals surface area contributed by atoms with E-state index in [4.69, 9.17) is 14.6 Å². The van der Waals surface area contributed by atoms with Gasteiger partial charge in [0.1, 0.15) is 6.10 Å². The van der Waals surface area contributed by atoms with Gasteiger partial charge in [-0.05, 0) is 12.1 Å². The maximum absolute atomic E-state index is 9.29. The third-order valence-electron chi connectivity index (χ3n) is 1.68. The van der Waals surface area contributed by atoms with Crippen molar-refractivity contribution in [3.63, 3.8) is 0 Å². The smallest absolute Gasteiger partial charge is 0.283 e. The van der Waals surface area contributed by atoms with Crippen molar-refractivity contribution in [2.45, 2.75) is 6.10 Å². The molecule has 6 heteroatoms. The van der Waals surface area contributed by atoms with Crippen molar-refractivity contribution in [1.82, 2.24) is 10.2 Å². The Labute approximate surface area is 79.3 Å². The molecule has 0 unspecified atom stereocenters. The van der Waals surface area contributed by atoms with Crippen LogP contribution in [0.5, 0.6) is 0 Å². The van der Waals surface area contributed by atoms with E-state index in [1.165, 1.54) is 6.26 Å². The Bertz CT molecular complexity index is 396. The summed E-state index contributed by atoms with van der Waals surface area (Å²) in [4.78, 5) is 0. The summed E-state index contributed by atoms with van der Waals surface area (Å²) in [6.07, 6.45) is 0.574. The molecule has 1 atom stereocenters. The molecular weight excluding hydrogens is 186 g/mol. The number of aliphatic hydroxyl groups is 1. The Morgan fingerprint density at radius 1 is 1.50 bits per heavy atom. The third-order valence-corrected chi connectivity index (χ3v) is 1.68. The minimum Gasteiger partial charge on any atom is -0.459 e. The van der Waals surface area contributed by atoms with E-state index >= 15 is 0 Å². The van der Waals surface area contributed by atoms with E-state index in [0.717, 1.165) is 0 Å². The molecule has 74 valence electrons. The van der Waals surface area contributed by atoms with Crippen molar-refractivity contribution in [3.8, 4) is 11.7 Å². The molecule has 0 aliphatic heterocycles. The highest BCUT2D eigenvalue weighted by Crippen LogP contribution is 2.20. The predicted molar refractivity (Wildman–Crippen MR) is 46.0 cm³/mol. The van der Waals surface area contributed by atoms with E-state index in [-0.39, 0.29) is 18.3 Å². The lowest BCUT2D eigenvalue weighted by atomic mass is 10.4. The van der Waals surface area contributed by atoms with Gasteiger partial charge in [-0.25, -0.2) is 0 Å². The van der Waals surface area contributed by atoms with Crippen molar-refractivity contribution in [3.05, 3.63) is 24.3 Å². The molecule has 2 heterocycles. The van der Waals surface area contributed by atoms with Gasteiger partial charge in [-0.1, -0.05) is 0 Å². The van der Waals surface area contributed by atoms with Gasteiger partial charge in [-0.15, -0.1) is 10.2 Å². The largest absolute Gasteiger partial charge is 0.459 e. The number of aliphatic hydroxyl groups excluding tert-OH is 1. The van der Waals surface area contributed by atoms with Crippen molar-refractivity contribution in [1.29, 1.82) is 0 Å². The summed E-state index contributed by atoms with van der Waals surface area (Å²) in [5.41, 5.74) is 5.23. The summed E-state index contributed by atoms with van der Waals surface area (Å²) in [6, 6.07) is 3.39. The van der Waals surface area contributed by atoms with Crippen LogP contribution in [0.4, 0.5) is 0 Å². The molecular formula is C8H9N3O3. The number of nitrogens with two attached hydrogens (primary N) is 1. The molecule has 0 saturated carbocycles. The average molecular weight is 195 g/mol. The zero-order valence-corrected chi connectivity index (χ0v) is 7.25. The zero-order chi connectivity index (χ0) is 9.97. The Hall–Kier alpha value is -1.66. The van der Waals surface area contributed by atoms with E-state index in [2.05, 4.69) is 10.2 Å². The molecule has 2 rings (SSSR count). The van der Waals surface area contributed by atoms with Crippen LogP contribution in [0.25, 0.3) is 11.7 Å². The highest BCUT2D eigenvalue weighted by molar-refractivity contribution is 5.42. The van der Waals surface area contributed by atoms with Crippen molar-refractivity contribution >= 4 is 0 Å². The molecule has 0 aromatic carbocycles. The van der Waals surface area contributed by atoms with Crippen molar-refractivity contribution in [2.24, 2.45) is 5.73 Å². The second kappa shape index (κ2) is 3.60. The number of hydrogen-bond acceptors (Lipinski definition) is 6. The van der Waals surface area contributed by atoms with Crippen LogP contribution < -0.4 is 5.73 Å². The molecule has 0 bridgehead atoms. The first-order valence-corrected chi connectivity index (χ1v) is 4.06. The van der Waals surface area contributed by atoms with Crippen LogP contribution >= 0.6 is 0 Å². The predicted octanol–water partition coefficient (Wildman–Crippen LogP) is 0.322. The van der Waals surface area contributed by atoms with Gasteiger partial charge < -0.3 is 19.7 Å². The lowest BCUT2D eigenvalue weighted by molar-refractivity contribution is 0.152. The van der Waals surface area contributed by atoms with E-state index in [9.17, 15) is 5.11 Å². The monoisotopic (exact) mass is 195 g/mol. The Balaban J connectivity index is 2.26. The average Bonchev–Trinajstić information content (AvgIpc) is 2.86. The summed E-state index contributed by atoms with van der Waals surface area (Å²) in [5, 5.41) is 16.6. The summed E-state index contributed by atoms with van der Waals surface area (Å²) >= 11 is 0. The maximum Gasteiger partial charge on any atom is 0.283 e. The van der Waals surface area contributed by atoms with Crippen LogP contribution in [0.3, 0.4) is 0 Å². The first-order valence-electron chi connectivity index (χ1n) is 4.06. The van der Waals surface area contributed by atoms with Crippen molar-refractivity contribution in [2.75, 3.05) is 6.54 Å². The number of aromatic nitrogens is 2. The maximum atomic E-state index is 9.29. The first kappa shape index (κ1) is 8.92. The molecule has 14 heavy (non-hydrogen) atoms. The molecule has 6 nitrogen and oxygen atoms in total. The van der Waals surface area contributed by atoms with E-state index < -0.39 is 6.10 Å². The van der Waals surface area contributed by atoms with Crippen LogP contribution in [0.15, 0.2) is 27.2 Å². The summed E-state index contributed by atoms with van der Waals surface area (Å²) in [5.74, 6) is 0.796. The number of rotatable bonds is 3. The molecule has 0 spiro atoms. The highest BCUT2D eigenvalue weighted by atomic mass is 16.4. The van der Waals surface area contributed by atoms with Gasteiger partial charge in [0.25, 0.3) is 5.89 Å². The van der Waals surface area contributed by atoms with Gasteiger partial charge in [0.15, 0.2) is 5.76 Å². The third kappa shape index (κ3) is 1.52. The van der Waals surface area contributed by atoms with Gasteiger partial charge in [0, 0.05) is 6.54 Å². The topological polar surface area (TPSA) is 98.3 Å². The SMILES string of the molecule is NC[C@H](O)c1nnc(-c2ccco2)o1. The van der Waals surface area contributed by atoms with Crippen LogP contribution in [0.2, 0.25) is 0 Å². The van der Waals surface area contributed by atoms with Gasteiger partial charge >= 0.3 is 0 Å². The van der Waals surface area contributed by atoms with Crippen LogP contribution in [0, 0.1) is 0 Å². The summed E-state index contributed by atoms with van der Waals surface area (Å²) < 4.78 is 10.2. The Kier molecular flexibility index (Phi) is 2.30. The van der Waals surface area contributed by atoms with E-state index in [0.29, 0.717) is 5.76 Å². The molecule has 0 radical (unpaired) electrons. The van der Waals surface area contributed by atoms with Gasteiger partial charge in [0.05, 0.1) is 6.26 Å². The number of hydrogen-bond donors (Lipinski definition) is 2. The van der Waals surface area contributed by atoms with Gasteiger partial charge in [0.2, 0.25) is 5.89 Å². The fraction of sp³-hybridized carbons (Fsp3) is 0.250. The van der Waals surface area contributed by atoms with Gasteiger partial charge in [-0.3, -0.25) is 0 Å². The molecule has 2 aromatic rings. The van der Waals surface area contributed by atoms with E-state index in [1.807, 2.05) is 0 Å².